The van der Waals surface area contributed by atoms with E-state index in [0.717, 1.165) is 49.7 Å². The Morgan fingerprint density at radius 2 is 1.73 bits per heavy atom. The van der Waals surface area contributed by atoms with Gasteiger partial charge < -0.3 is 10.2 Å². The van der Waals surface area contributed by atoms with Crippen LogP contribution >= 0.6 is 11.3 Å². The average molecular weight is 423 g/mol. The van der Waals surface area contributed by atoms with E-state index in [1.54, 1.807) is 0 Å². The highest BCUT2D eigenvalue weighted by atomic mass is 32.1. The molecule has 1 aromatic heterocycles. The van der Waals surface area contributed by atoms with Crippen LogP contribution in [0.3, 0.4) is 0 Å². The molecule has 4 rings (SSSR count). The molecule has 0 radical (unpaired) electrons. The molecule has 1 saturated heterocycles. The molecule has 2 aromatic carbocycles. The van der Waals surface area contributed by atoms with E-state index in [1.807, 2.05) is 30.3 Å². The first-order chi connectivity index (χ1) is 14.6. The van der Waals surface area contributed by atoms with E-state index in [2.05, 4.69) is 39.4 Å². The molecule has 1 aliphatic heterocycles. The summed E-state index contributed by atoms with van der Waals surface area (Å²) in [5.74, 6) is -0.346. The van der Waals surface area contributed by atoms with Gasteiger partial charge in [0.05, 0.1) is 10.5 Å². The van der Waals surface area contributed by atoms with Gasteiger partial charge in [0.25, 0.3) is 5.91 Å². The zero-order valence-electron chi connectivity index (χ0n) is 16.4. The van der Waals surface area contributed by atoms with Crippen LogP contribution in [0, 0.1) is 10.1 Å². The van der Waals surface area contributed by atoms with Crippen LogP contribution in [0.25, 0.3) is 0 Å². The van der Waals surface area contributed by atoms with Gasteiger partial charge in [-0.15, -0.1) is 0 Å². The molecule has 0 bridgehead atoms. The summed E-state index contributed by atoms with van der Waals surface area (Å²) in [6.07, 6.45) is 0. The Morgan fingerprint density at radius 1 is 1.03 bits per heavy atom. The predicted octanol–water partition coefficient (Wildman–Crippen LogP) is 4.23. The van der Waals surface area contributed by atoms with Gasteiger partial charge in [-0.1, -0.05) is 41.7 Å². The van der Waals surface area contributed by atoms with Crippen molar-refractivity contribution in [3.63, 3.8) is 0 Å². The molecule has 3 aromatic rings. The third kappa shape index (κ3) is 4.84. The lowest BCUT2D eigenvalue weighted by Gasteiger charge is -2.36. The molecule has 0 saturated carbocycles. The number of nitrogens with one attached hydrogen (secondary N) is 1. The zero-order chi connectivity index (χ0) is 20.9. The number of thiophene rings is 1. The minimum atomic E-state index is -0.490. The van der Waals surface area contributed by atoms with Crippen molar-refractivity contribution in [2.75, 3.05) is 36.4 Å². The first-order valence-electron chi connectivity index (χ1n) is 9.74. The first kappa shape index (κ1) is 20.1. The van der Waals surface area contributed by atoms with Crippen LogP contribution in [0.15, 0.2) is 66.0 Å². The number of carbonyl (C=O) groups is 1. The van der Waals surface area contributed by atoms with Gasteiger partial charge in [0.15, 0.2) is 0 Å². The van der Waals surface area contributed by atoms with E-state index >= 15 is 0 Å². The van der Waals surface area contributed by atoms with E-state index in [9.17, 15) is 14.9 Å². The smallest absolute Gasteiger partial charge is 0.324 e. The normalized spacial score (nSPS) is 14.5. The number of piperazine rings is 1. The van der Waals surface area contributed by atoms with Gasteiger partial charge >= 0.3 is 5.00 Å². The Labute approximate surface area is 178 Å². The van der Waals surface area contributed by atoms with Gasteiger partial charge in [0.2, 0.25) is 0 Å². The second kappa shape index (κ2) is 9.06. The standard InChI is InChI=1S/C22H22N4O3S/c27-22(18-14-21(26(28)29)30-16-18)23-19-6-8-20(9-7-19)25-12-10-24(11-13-25)15-17-4-2-1-3-5-17/h1-9,14,16H,10-13,15H2,(H,23,27). The summed E-state index contributed by atoms with van der Waals surface area (Å²) < 4.78 is 0. The second-order valence-electron chi connectivity index (χ2n) is 7.18. The Kier molecular flexibility index (Phi) is 6.06. The second-order valence-corrected chi connectivity index (χ2v) is 8.07. The molecule has 154 valence electrons. The molecule has 7 nitrogen and oxygen atoms in total. The summed E-state index contributed by atoms with van der Waals surface area (Å²) in [5.41, 5.74) is 3.42. The van der Waals surface area contributed by atoms with Crippen LogP contribution in [-0.2, 0) is 6.54 Å². The number of rotatable bonds is 6. The fraction of sp³-hybridized carbons (Fsp3) is 0.227. The number of benzene rings is 2. The highest BCUT2D eigenvalue weighted by Crippen LogP contribution is 2.24. The molecule has 1 aliphatic rings. The third-order valence-corrected chi connectivity index (χ3v) is 6.02. The van der Waals surface area contributed by atoms with Gasteiger partial charge in [-0.2, -0.15) is 0 Å². The van der Waals surface area contributed by atoms with Crippen LogP contribution < -0.4 is 10.2 Å². The zero-order valence-corrected chi connectivity index (χ0v) is 17.2. The van der Waals surface area contributed by atoms with Crippen molar-refractivity contribution < 1.29 is 9.72 Å². The molecular formula is C22H22N4O3S. The number of anilines is 2. The van der Waals surface area contributed by atoms with E-state index < -0.39 is 4.92 Å². The Balaban J connectivity index is 1.30. The molecule has 1 N–H and O–H groups in total. The maximum atomic E-state index is 12.3. The lowest BCUT2D eigenvalue weighted by molar-refractivity contribution is -0.380. The largest absolute Gasteiger partial charge is 0.369 e. The maximum absolute atomic E-state index is 12.3. The highest BCUT2D eigenvalue weighted by Gasteiger charge is 2.18. The lowest BCUT2D eigenvalue weighted by Crippen LogP contribution is -2.45. The van der Waals surface area contributed by atoms with Crippen molar-refractivity contribution in [3.05, 3.63) is 87.3 Å². The molecule has 0 atom stereocenters. The summed E-state index contributed by atoms with van der Waals surface area (Å²) >= 11 is 0.948. The van der Waals surface area contributed by atoms with Gasteiger partial charge in [-0.3, -0.25) is 19.8 Å². The number of carbonyl (C=O) groups excluding carboxylic acids is 1. The van der Waals surface area contributed by atoms with Crippen molar-refractivity contribution in [1.82, 2.24) is 4.90 Å². The molecule has 1 fully saturated rings. The van der Waals surface area contributed by atoms with Gasteiger partial charge in [-0.25, -0.2) is 0 Å². The predicted molar refractivity (Wildman–Crippen MR) is 119 cm³/mol. The molecule has 0 spiro atoms. The Hall–Kier alpha value is -3.23. The van der Waals surface area contributed by atoms with E-state index in [4.69, 9.17) is 0 Å². The molecular weight excluding hydrogens is 400 g/mol. The SMILES string of the molecule is O=C(Nc1ccc(N2CCN(Cc3ccccc3)CC2)cc1)c1csc([N+](=O)[O-])c1. The number of amides is 1. The number of hydrogen-bond acceptors (Lipinski definition) is 6. The molecule has 0 aliphatic carbocycles. The highest BCUT2D eigenvalue weighted by molar-refractivity contribution is 7.13. The molecule has 0 unspecified atom stereocenters. The average Bonchev–Trinajstić information content (AvgIpc) is 3.27. The summed E-state index contributed by atoms with van der Waals surface area (Å²) in [6.45, 7) is 4.89. The van der Waals surface area contributed by atoms with Gasteiger partial charge in [0.1, 0.15) is 0 Å². The topological polar surface area (TPSA) is 78.7 Å². The van der Waals surface area contributed by atoms with Crippen molar-refractivity contribution in [2.24, 2.45) is 0 Å². The quantitative estimate of drug-likeness (QED) is 0.475. The van der Waals surface area contributed by atoms with Crippen molar-refractivity contribution in [2.45, 2.75) is 6.54 Å². The van der Waals surface area contributed by atoms with Crippen LogP contribution in [-0.4, -0.2) is 41.9 Å². The monoisotopic (exact) mass is 422 g/mol. The minimum Gasteiger partial charge on any atom is -0.369 e. The third-order valence-electron chi connectivity index (χ3n) is 5.14. The minimum absolute atomic E-state index is 0.0399. The van der Waals surface area contributed by atoms with Crippen LogP contribution in [0.4, 0.5) is 16.4 Å². The fourth-order valence-corrected chi connectivity index (χ4v) is 4.21. The van der Waals surface area contributed by atoms with Crippen molar-refractivity contribution >= 4 is 33.6 Å². The molecule has 8 heteroatoms. The molecule has 1 amide bonds. The molecule has 30 heavy (non-hydrogen) atoms. The number of hydrogen-bond donors (Lipinski definition) is 1. The fourth-order valence-electron chi connectivity index (χ4n) is 3.50. The van der Waals surface area contributed by atoms with Gasteiger partial charge in [-0.05, 0) is 29.8 Å². The Bertz CT molecular complexity index is 1010. The van der Waals surface area contributed by atoms with E-state index in [0.29, 0.717) is 11.3 Å². The summed E-state index contributed by atoms with van der Waals surface area (Å²) in [6, 6.07) is 19.5. The van der Waals surface area contributed by atoms with Crippen LogP contribution in [0.1, 0.15) is 15.9 Å². The van der Waals surface area contributed by atoms with Crippen LogP contribution in [0.5, 0.6) is 0 Å². The summed E-state index contributed by atoms with van der Waals surface area (Å²) in [4.78, 5) is 27.4. The van der Waals surface area contributed by atoms with Crippen LogP contribution in [0.2, 0.25) is 0 Å². The van der Waals surface area contributed by atoms with Gasteiger partial charge in [0, 0.05) is 55.5 Å². The number of nitrogens with zero attached hydrogens (tertiary/aromatic N) is 3. The van der Waals surface area contributed by atoms with Crippen molar-refractivity contribution in [3.8, 4) is 0 Å². The lowest BCUT2D eigenvalue weighted by atomic mass is 10.2. The van der Waals surface area contributed by atoms with Crippen molar-refractivity contribution in [1.29, 1.82) is 0 Å². The number of nitro groups is 1. The summed E-state index contributed by atoms with van der Waals surface area (Å²) in [5, 5.41) is 15.0. The Morgan fingerprint density at radius 3 is 2.37 bits per heavy atom. The molecule has 2 heterocycles. The first-order valence-corrected chi connectivity index (χ1v) is 10.6. The summed E-state index contributed by atoms with van der Waals surface area (Å²) in [7, 11) is 0. The van der Waals surface area contributed by atoms with E-state index in [-0.39, 0.29) is 10.9 Å². The maximum Gasteiger partial charge on any atom is 0.324 e. The van der Waals surface area contributed by atoms with E-state index in [1.165, 1.54) is 17.0 Å².